The quantitative estimate of drug-likeness (QED) is 0.424. The van der Waals surface area contributed by atoms with Gasteiger partial charge in [-0.25, -0.2) is 9.97 Å². The lowest BCUT2D eigenvalue weighted by molar-refractivity contribution is -0.117. The van der Waals surface area contributed by atoms with Crippen LogP contribution in [0.5, 0.6) is 0 Å². The largest absolute Gasteiger partial charge is 0.370 e. The summed E-state index contributed by atoms with van der Waals surface area (Å²) in [5.74, 6) is 0.266. The van der Waals surface area contributed by atoms with Crippen molar-refractivity contribution in [2.24, 2.45) is 5.73 Å². The standard InChI is InChI=1S/C28H30N6O/c1-33-14-16-34(17-15-33)24-11-9-23(10-12-24)31-28-30-19-22-6-3-7-25(27(22)32-28)21-5-2-4-20(18-21)8-13-26(29)35/h2-7,9-12,18-19H,8,13-17H2,1H3,(H2,29,35)(H,30,31,32). The minimum Gasteiger partial charge on any atom is -0.370 e. The highest BCUT2D eigenvalue weighted by Crippen LogP contribution is 2.29. The number of carbonyl (C=O) groups is 1. The van der Waals surface area contributed by atoms with E-state index < -0.39 is 0 Å². The fourth-order valence-electron chi connectivity index (χ4n) is 4.46. The molecule has 0 radical (unpaired) electrons. The van der Waals surface area contributed by atoms with Gasteiger partial charge in [-0.3, -0.25) is 4.79 Å². The van der Waals surface area contributed by atoms with Crippen LogP contribution in [0.1, 0.15) is 12.0 Å². The number of amides is 1. The van der Waals surface area contributed by atoms with E-state index in [2.05, 4.69) is 69.6 Å². The summed E-state index contributed by atoms with van der Waals surface area (Å²) in [6, 6.07) is 22.7. The van der Waals surface area contributed by atoms with E-state index >= 15 is 0 Å². The van der Waals surface area contributed by atoms with E-state index in [4.69, 9.17) is 10.7 Å². The van der Waals surface area contributed by atoms with Crippen LogP contribution in [0.4, 0.5) is 17.3 Å². The number of carbonyl (C=O) groups excluding carboxylic acids is 1. The Bertz CT molecular complexity index is 1330. The van der Waals surface area contributed by atoms with Crippen LogP contribution < -0.4 is 16.0 Å². The zero-order chi connectivity index (χ0) is 24.2. The van der Waals surface area contributed by atoms with Gasteiger partial charge in [0.25, 0.3) is 0 Å². The molecule has 0 spiro atoms. The third-order valence-electron chi connectivity index (χ3n) is 6.50. The van der Waals surface area contributed by atoms with E-state index in [9.17, 15) is 4.79 Å². The molecule has 1 aliphatic rings. The first kappa shape index (κ1) is 22.8. The molecule has 2 heterocycles. The number of fused-ring (bicyclic) bond motifs is 1. The van der Waals surface area contributed by atoms with Crippen molar-refractivity contribution in [2.75, 3.05) is 43.4 Å². The van der Waals surface area contributed by atoms with Gasteiger partial charge in [0.1, 0.15) is 0 Å². The zero-order valence-electron chi connectivity index (χ0n) is 19.9. The summed E-state index contributed by atoms with van der Waals surface area (Å²) in [7, 11) is 2.17. The Morgan fingerprint density at radius 1 is 1.00 bits per heavy atom. The van der Waals surface area contributed by atoms with Gasteiger partial charge in [-0.2, -0.15) is 0 Å². The van der Waals surface area contributed by atoms with Gasteiger partial charge in [0, 0.05) is 61.1 Å². The van der Waals surface area contributed by atoms with Crippen LogP contribution in [0.2, 0.25) is 0 Å². The fraction of sp³-hybridized carbons (Fsp3) is 0.250. The molecule has 1 amide bonds. The maximum absolute atomic E-state index is 11.2. The predicted octanol–water partition coefficient (Wildman–Crippen LogP) is 4.21. The number of piperazine rings is 1. The first-order valence-electron chi connectivity index (χ1n) is 12.0. The molecule has 1 saturated heterocycles. The number of benzene rings is 3. The molecular weight excluding hydrogens is 436 g/mol. The number of nitrogens with two attached hydrogens (primary N) is 1. The molecule has 3 N–H and O–H groups in total. The summed E-state index contributed by atoms with van der Waals surface area (Å²) in [4.78, 5) is 25.4. The lowest BCUT2D eigenvalue weighted by atomic mass is 9.99. The molecule has 178 valence electrons. The van der Waals surface area contributed by atoms with Gasteiger partial charge in [-0.05, 0) is 48.9 Å². The Morgan fingerprint density at radius 2 is 1.77 bits per heavy atom. The maximum atomic E-state index is 11.2. The second-order valence-corrected chi connectivity index (χ2v) is 9.07. The van der Waals surface area contributed by atoms with Crippen molar-refractivity contribution in [1.82, 2.24) is 14.9 Å². The highest BCUT2D eigenvalue weighted by Gasteiger charge is 2.14. The molecule has 4 aromatic rings. The molecule has 7 heteroatoms. The molecule has 0 atom stereocenters. The summed E-state index contributed by atoms with van der Waals surface area (Å²) in [6.45, 7) is 4.26. The Kier molecular flexibility index (Phi) is 6.59. The molecule has 5 rings (SSSR count). The van der Waals surface area contributed by atoms with Gasteiger partial charge in [-0.15, -0.1) is 0 Å². The van der Waals surface area contributed by atoms with Crippen LogP contribution >= 0.6 is 0 Å². The maximum Gasteiger partial charge on any atom is 0.227 e. The van der Waals surface area contributed by atoms with Crippen LogP contribution in [-0.4, -0.2) is 54.0 Å². The topological polar surface area (TPSA) is 87.4 Å². The number of aryl methyl sites for hydroxylation is 1. The lowest BCUT2D eigenvalue weighted by Gasteiger charge is -2.34. The van der Waals surface area contributed by atoms with Gasteiger partial charge >= 0.3 is 0 Å². The molecule has 3 aromatic carbocycles. The highest BCUT2D eigenvalue weighted by molar-refractivity contribution is 5.94. The molecule has 0 bridgehead atoms. The van der Waals surface area contributed by atoms with Crippen molar-refractivity contribution >= 4 is 34.1 Å². The van der Waals surface area contributed by atoms with Crippen molar-refractivity contribution in [3.8, 4) is 11.1 Å². The van der Waals surface area contributed by atoms with Crippen molar-refractivity contribution in [2.45, 2.75) is 12.8 Å². The van der Waals surface area contributed by atoms with Crippen LogP contribution in [0.15, 0.2) is 72.9 Å². The summed E-state index contributed by atoms with van der Waals surface area (Å²) in [5, 5.41) is 4.33. The monoisotopic (exact) mass is 466 g/mol. The Balaban J connectivity index is 1.38. The number of nitrogens with one attached hydrogen (secondary N) is 1. The summed E-state index contributed by atoms with van der Waals surface area (Å²) in [5.41, 5.74) is 11.6. The predicted molar refractivity (Wildman–Crippen MR) is 142 cm³/mol. The number of hydrogen-bond acceptors (Lipinski definition) is 6. The zero-order valence-corrected chi connectivity index (χ0v) is 19.9. The van der Waals surface area contributed by atoms with Crippen molar-refractivity contribution in [3.05, 3.63) is 78.5 Å². The number of hydrogen-bond donors (Lipinski definition) is 2. The molecule has 1 fully saturated rings. The summed E-state index contributed by atoms with van der Waals surface area (Å²) >= 11 is 0. The van der Waals surface area contributed by atoms with E-state index in [1.165, 1.54) is 5.69 Å². The van der Waals surface area contributed by atoms with Crippen molar-refractivity contribution in [1.29, 1.82) is 0 Å². The van der Waals surface area contributed by atoms with E-state index in [1.54, 1.807) is 0 Å². The van der Waals surface area contributed by atoms with Gasteiger partial charge in [0.15, 0.2) is 0 Å². The molecule has 0 saturated carbocycles. The van der Waals surface area contributed by atoms with E-state index in [0.717, 1.165) is 59.5 Å². The van der Waals surface area contributed by atoms with Gasteiger partial charge in [0.05, 0.1) is 5.52 Å². The van der Waals surface area contributed by atoms with Gasteiger partial charge < -0.3 is 20.9 Å². The van der Waals surface area contributed by atoms with Crippen molar-refractivity contribution < 1.29 is 4.79 Å². The number of aromatic nitrogens is 2. The first-order chi connectivity index (χ1) is 17.0. The Labute approximate surface area is 205 Å². The van der Waals surface area contributed by atoms with E-state index in [0.29, 0.717) is 18.8 Å². The van der Waals surface area contributed by atoms with Gasteiger partial charge in [-0.1, -0.05) is 42.5 Å². The Morgan fingerprint density at radius 3 is 2.54 bits per heavy atom. The second-order valence-electron chi connectivity index (χ2n) is 9.07. The number of rotatable bonds is 7. The molecule has 1 aromatic heterocycles. The second kappa shape index (κ2) is 10.1. The lowest BCUT2D eigenvalue weighted by Crippen LogP contribution is -2.44. The normalized spacial score (nSPS) is 14.3. The number of likely N-dealkylation sites (N-methyl/N-ethyl adjacent to an activating group) is 1. The third-order valence-corrected chi connectivity index (χ3v) is 6.50. The molecule has 0 unspecified atom stereocenters. The van der Waals surface area contributed by atoms with Crippen LogP contribution in [0, 0.1) is 0 Å². The van der Waals surface area contributed by atoms with Gasteiger partial charge in [0.2, 0.25) is 11.9 Å². The summed E-state index contributed by atoms with van der Waals surface area (Å²) < 4.78 is 0. The van der Waals surface area contributed by atoms with E-state index in [1.807, 2.05) is 30.5 Å². The summed E-state index contributed by atoms with van der Waals surface area (Å²) in [6.07, 6.45) is 2.81. The molecule has 7 nitrogen and oxygen atoms in total. The van der Waals surface area contributed by atoms with E-state index in [-0.39, 0.29) is 5.91 Å². The molecule has 1 aliphatic heterocycles. The first-order valence-corrected chi connectivity index (χ1v) is 12.0. The third kappa shape index (κ3) is 5.41. The van der Waals surface area contributed by atoms with Crippen molar-refractivity contribution in [3.63, 3.8) is 0 Å². The fourth-order valence-corrected chi connectivity index (χ4v) is 4.46. The molecular formula is C28H30N6O. The number of nitrogens with zero attached hydrogens (tertiary/aromatic N) is 4. The van der Waals surface area contributed by atoms with Crippen LogP contribution in [0.3, 0.4) is 0 Å². The Hall–Kier alpha value is -3.97. The average Bonchev–Trinajstić information content (AvgIpc) is 2.88. The van der Waals surface area contributed by atoms with Crippen LogP contribution in [-0.2, 0) is 11.2 Å². The SMILES string of the molecule is CN1CCN(c2ccc(Nc3ncc4cccc(-c5cccc(CCC(N)=O)c5)c4n3)cc2)CC1. The minimum atomic E-state index is -0.291. The average molecular weight is 467 g/mol. The number of para-hydroxylation sites is 1. The number of anilines is 3. The highest BCUT2D eigenvalue weighted by atomic mass is 16.1. The molecule has 0 aliphatic carbocycles. The number of primary amides is 1. The molecule has 35 heavy (non-hydrogen) atoms. The smallest absolute Gasteiger partial charge is 0.227 e. The van der Waals surface area contributed by atoms with Crippen LogP contribution in [0.25, 0.3) is 22.0 Å². The minimum absolute atomic E-state index is 0.291.